The van der Waals surface area contributed by atoms with E-state index in [0.717, 1.165) is 21.5 Å². The first-order chi connectivity index (χ1) is 9.21. The van der Waals surface area contributed by atoms with Crippen LogP contribution in [0.1, 0.15) is 44.1 Å². The minimum Gasteiger partial charge on any atom is -0.0877 e. The summed E-state index contributed by atoms with van der Waals surface area (Å²) >= 11 is 10.2. The minimum absolute atomic E-state index is 0.266. The highest BCUT2D eigenvalue weighted by Crippen LogP contribution is 2.52. The molecule has 0 unspecified atom stereocenters. The zero-order valence-electron chi connectivity index (χ0n) is 11.0. The van der Waals surface area contributed by atoms with Crippen LogP contribution in [0.2, 0.25) is 0 Å². The van der Waals surface area contributed by atoms with E-state index in [1.807, 2.05) is 0 Å². The van der Waals surface area contributed by atoms with Crippen molar-refractivity contribution in [3.8, 4) is 0 Å². The molecule has 0 nitrogen and oxygen atoms in total. The second kappa shape index (κ2) is 5.46. The Hall–Kier alpha value is -0.530. The molecule has 1 atom stereocenters. The Morgan fingerprint density at radius 3 is 2.53 bits per heavy atom. The van der Waals surface area contributed by atoms with Crippen LogP contribution in [0.4, 0.5) is 0 Å². The van der Waals surface area contributed by atoms with Crippen LogP contribution >= 0.6 is 27.5 Å². The molecular formula is C17H18BrCl. The fraction of sp³-hybridized carbons (Fsp3) is 0.412. The lowest BCUT2D eigenvalue weighted by Gasteiger charge is -2.31. The van der Waals surface area contributed by atoms with Gasteiger partial charge in [0.05, 0.1) is 0 Å². The van der Waals surface area contributed by atoms with Gasteiger partial charge in [-0.25, -0.2) is 0 Å². The van der Waals surface area contributed by atoms with Gasteiger partial charge in [-0.2, -0.15) is 0 Å². The number of allylic oxidation sites excluding steroid dienone is 3. The van der Waals surface area contributed by atoms with Crippen molar-refractivity contribution >= 4 is 32.6 Å². The van der Waals surface area contributed by atoms with Gasteiger partial charge in [-0.05, 0) is 61.8 Å². The Morgan fingerprint density at radius 1 is 1.11 bits per heavy atom. The summed E-state index contributed by atoms with van der Waals surface area (Å²) in [5.74, 6) is 0. The first kappa shape index (κ1) is 13.5. The van der Waals surface area contributed by atoms with E-state index in [1.165, 1.54) is 37.7 Å². The summed E-state index contributed by atoms with van der Waals surface area (Å²) < 4.78 is 1.10. The van der Waals surface area contributed by atoms with Crippen LogP contribution in [0.5, 0.6) is 0 Å². The SMILES string of the molecule is Cl/C(=C1\CCC[C@]12C=CCCC2)c1ccc(Br)cc1. The zero-order chi connectivity index (χ0) is 13.3. The largest absolute Gasteiger partial charge is 0.0877 e. The van der Waals surface area contributed by atoms with Crippen LogP contribution in [-0.2, 0) is 0 Å². The van der Waals surface area contributed by atoms with E-state index in [1.54, 1.807) is 0 Å². The van der Waals surface area contributed by atoms with E-state index in [2.05, 4.69) is 52.3 Å². The number of hydrogen-bond acceptors (Lipinski definition) is 0. The van der Waals surface area contributed by atoms with Crippen LogP contribution in [0.15, 0.2) is 46.5 Å². The van der Waals surface area contributed by atoms with Crippen molar-refractivity contribution in [2.24, 2.45) is 5.41 Å². The second-order valence-electron chi connectivity index (χ2n) is 5.60. The maximum atomic E-state index is 6.72. The molecule has 0 aromatic heterocycles. The van der Waals surface area contributed by atoms with Gasteiger partial charge < -0.3 is 0 Å². The molecule has 2 aliphatic rings. The third kappa shape index (κ3) is 2.55. The molecule has 1 fully saturated rings. The molecule has 2 heteroatoms. The predicted octanol–water partition coefficient (Wildman–Crippen LogP) is 6.31. The van der Waals surface area contributed by atoms with E-state index in [0.29, 0.717) is 0 Å². The van der Waals surface area contributed by atoms with Crippen LogP contribution in [0.3, 0.4) is 0 Å². The Kier molecular flexibility index (Phi) is 3.86. The van der Waals surface area contributed by atoms with Crippen LogP contribution in [-0.4, -0.2) is 0 Å². The van der Waals surface area contributed by atoms with E-state index in [9.17, 15) is 0 Å². The highest BCUT2D eigenvalue weighted by molar-refractivity contribution is 9.10. The third-order valence-corrected chi connectivity index (χ3v) is 5.42. The molecule has 0 aliphatic heterocycles. The Balaban J connectivity index is 2.02. The Labute approximate surface area is 128 Å². The van der Waals surface area contributed by atoms with Gasteiger partial charge in [-0.1, -0.05) is 51.8 Å². The van der Waals surface area contributed by atoms with E-state index in [-0.39, 0.29) is 5.41 Å². The van der Waals surface area contributed by atoms with Crippen molar-refractivity contribution in [3.63, 3.8) is 0 Å². The zero-order valence-corrected chi connectivity index (χ0v) is 13.3. The van der Waals surface area contributed by atoms with Gasteiger partial charge in [-0.3, -0.25) is 0 Å². The van der Waals surface area contributed by atoms with Crippen molar-refractivity contribution in [3.05, 3.63) is 52.0 Å². The Morgan fingerprint density at radius 2 is 1.84 bits per heavy atom. The second-order valence-corrected chi connectivity index (χ2v) is 6.90. The van der Waals surface area contributed by atoms with Gasteiger partial charge in [0.15, 0.2) is 0 Å². The lowest BCUT2D eigenvalue weighted by molar-refractivity contribution is 0.404. The lowest BCUT2D eigenvalue weighted by Crippen LogP contribution is -2.18. The Bertz CT molecular complexity index is 527. The summed E-state index contributed by atoms with van der Waals surface area (Å²) in [5, 5.41) is 0.983. The molecule has 3 rings (SSSR count). The van der Waals surface area contributed by atoms with Gasteiger partial charge in [0.1, 0.15) is 0 Å². The number of rotatable bonds is 1. The molecule has 0 N–H and O–H groups in total. The predicted molar refractivity (Wildman–Crippen MR) is 86.2 cm³/mol. The van der Waals surface area contributed by atoms with Crippen LogP contribution in [0.25, 0.3) is 5.03 Å². The van der Waals surface area contributed by atoms with Gasteiger partial charge in [-0.15, -0.1) is 0 Å². The molecule has 0 amide bonds. The summed E-state index contributed by atoms with van der Waals surface area (Å²) in [6, 6.07) is 8.35. The molecule has 0 radical (unpaired) electrons. The monoisotopic (exact) mass is 336 g/mol. The topological polar surface area (TPSA) is 0 Å². The van der Waals surface area contributed by atoms with Gasteiger partial charge >= 0.3 is 0 Å². The summed E-state index contributed by atoms with van der Waals surface area (Å²) in [7, 11) is 0. The third-order valence-electron chi connectivity index (χ3n) is 4.44. The van der Waals surface area contributed by atoms with Crippen molar-refractivity contribution in [1.29, 1.82) is 0 Å². The normalized spacial score (nSPS) is 28.9. The van der Waals surface area contributed by atoms with Crippen molar-refractivity contribution in [2.75, 3.05) is 0 Å². The summed E-state index contributed by atoms with van der Waals surface area (Å²) in [6.07, 6.45) is 12.3. The number of halogens is 2. The van der Waals surface area contributed by atoms with E-state index < -0.39 is 0 Å². The fourth-order valence-electron chi connectivity index (χ4n) is 3.47. The molecule has 1 aromatic carbocycles. The molecule has 0 heterocycles. The molecule has 0 bridgehead atoms. The molecule has 2 aliphatic carbocycles. The highest BCUT2D eigenvalue weighted by atomic mass is 79.9. The average Bonchev–Trinajstić information content (AvgIpc) is 2.83. The highest BCUT2D eigenvalue weighted by Gasteiger charge is 2.38. The first-order valence-electron chi connectivity index (χ1n) is 7.04. The molecule has 0 saturated heterocycles. The van der Waals surface area contributed by atoms with Crippen LogP contribution < -0.4 is 0 Å². The molecule has 1 spiro atoms. The van der Waals surface area contributed by atoms with E-state index in [4.69, 9.17) is 11.6 Å². The fourth-order valence-corrected chi connectivity index (χ4v) is 4.14. The number of hydrogen-bond donors (Lipinski definition) is 0. The summed E-state index contributed by atoms with van der Waals surface area (Å²) in [6.45, 7) is 0. The molecule has 1 aromatic rings. The van der Waals surface area contributed by atoms with Gasteiger partial charge in [0.2, 0.25) is 0 Å². The van der Waals surface area contributed by atoms with Crippen molar-refractivity contribution in [2.45, 2.75) is 38.5 Å². The van der Waals surface area contributed by atoms with Gasteiger partial charge in [0, 0.05) is 14.9 Å². The smallest absolute Gasteiger partial charge is 0.0479 e. The van der Waals surface area contributed by atoms with E-state index >= 15 is 0 Å². The summed E-state index contributed by atoms with van der Waals surface area (Å²) in [5.41, 5.74) is 2.88. The molecule has 19 heavy (non-hydrogen) atoms. The maximum absolute atomic E-state index is 6.72. The average molecular weight is 338 g/mol. The molecular weight excluding hydrogens is 320 g/mol. The maximum Gasteiger partial charge on any atom is 0.0479 e. The molecule has 1 saturated carbocycles. The van der Waals surface area contributed by atoms with Crippen molar-refractivity contribution in [1.82, 2.24) is 0 Å². The first-order valence-corrected chi connectivity index (χ1v) is 8.21. The quantitative estimate of drug-likeness (QED) is 0.527. The lowest BCUT2D eigenvalue weighted by atomic mass is 9.74. The van der Waals surface area contributed by atoms with Gasteiger partial charge in [0.25, 0.3) is 0 Å². The number of benzene rings is 1. The summed E-state index contributed by atoms with van der Waals surface area (Å²) in [4.78, 5) is 0. The minimum atomic E-state index is 0.266. The van der Waals surface area contributed by atoms with Crippen LogP contribution in [0, 0.1) is 5.41 Å². The standard InChI is InChI=1S/C17H18BrCl/c18-14-8-6-13(7-9-14)16(19)15-5-4-12-17(15)10-2-1-3-11-17/h2,6-10H,1,3-5,11-12H2/b16-15+/t17-/m1/s1. The van der Waals surface area contributed by atoms with Crippen molar-refractivity contribution < 1.29 is 0 Å². The molecule has 100 valence electrons.